The first-order chi connectivity index (χ1) is 11.4. The SMILES string of the molecule is CCC1(CC)O[C@H](c2ccc([N+](=O)[O-])o2)Nc2c(Br)cc(Br)cc21. The first kappa shape index (κ1) is 17.4. The Morgan fingerprint density at radius 3 is 2.58 bits per heavy atom. The number of nitrogens with one attached hydrogen (secondary N) is 1. The maximum atomic E-state index is 10.9. The fourth-order valence-corrected chi connectivity index (χ4v) is 4.38. The van der Waals surface area contributed by atoms with Gasteiger partial charge in [0, 0.05) is 14.5 Å². The molecule has 3 rings (SSSR count). The molecule has 0 fully saturated rings. The lowest BCUT2D eigenvalue weighted by atomic mass is 9.85. The number of hydrogen-bond acceptors (Lipinski definition) is 5. The fraction of sp³-hybridized carbons (Fsp3) is 0.375. The van der Waals surface area contributed by atoms with E-state index in [-0.39, 0.29) is 5.88 Å². The molecule has 1 aliphatic heterocycles. The van der Waals surface area contributed by atoms with Crippen molar-refractivity contribution in [2.45, 2.75) is 38.5 Å². The zero-order chi connectivity index (χ0) is 17.5. The van der Waals surface area contributed by atoms with Gasteiger partial charge in [-0.15, -0.1) is 0 Å². The van der Waals surface area contributed by atoms with Crippen LogP contribution in [-0.2, 0) is 10.3 Å². The molecule has 0 saturated carbocycles. The zero-order valence-corrected chi connectivity index (χ0v) is 16.3. The Kier molecular flexibility index (Phi) is 4.72. The van der Waals surface area contributed by atoms with Crippen LogP contribution in [-0.4, -0.2) is 4.92 Å². The summed E-state index contributed by atoms with van der Waals surface area (Å²) in [6.07, 6.45) is 0.935. The zero-order valence-electron chi connectivity index (χ0n) is 13.1. The molecule has 8 heteroatoms. The highest BCUT2D eigenvalue weighted by atomic mass is 79.9. The molecule has 2 aromatic rings. The summed E-state index contributed by atoms with van der Waals surface area (Å²) in [4.78, 5) is 10.3. The number of benzene rings is 1. The van der Waals surface area contributed by atoms with Gasteiger partial charge in [-0.2, -0.15) is 0 Å². The van der Waals surface area contributed by atoms with Crippen molar-refractivity contribution in [1.82, 2.24) is 0 Å². The second-order valence-electron chi connectivity index (χ2n) is 5.59. The van der Waals surface area contributed by atoms with Gasteiger partial charge >= 0.3 is 5.88 Å². The molecular weight excluding hydrogens is 444 g/mol. The lowest BCUT2D eigenvalue weighted by Crippen LogP contribution is -2.38. The van der Waals surface area contributed by atoms with Crippen LogP contribution in [0.5, 0.6) is 0 Å². The van der Waals surface area contributed by atoms with Crippen LogP contribution in [0.2, 0.25) is 0 Å². The summed E-state index contributed by atoms with van der Waals surface area (Å²) in [7, 11) is 0. The monoisotopic (exact) mass is 458 g/mol. The predicted molar refractivity (Wildman–Crippen MR) is 96.9 cm³/mol. The summed E-state index contributed by atoms with van der Waals surface area (Å²) in [6.45, 7) is 4.13. The van der Waals surface area contributed by atoms with Gasteiger partial charge in [-0.25, -0.2) is 0 Å². The minimum absolute atomic E-state index is 0.297. The molecule has 2 heterocycles. The molecule has 0 amide bonds. The van der Waals surface area contributed by atoms with Crippen LogP contribution in [0.4, 0.5) is 11.6 Å². The highest BCUT2D eigenvalue weighted by molar-refractivity contribution is 9.11. The van der Waals surface area contributed by atoms with E-state index in [1.165, 1.54) is 6.07 Å². The van der Waals surface area contributed by atoms with Gasteiger partial charge in [0.15, 0.2) is 12.0 Å². The van der Waals surface area contributed by atoms with Crippen LogP contribution in [0.1, 0.15) is 44.2 Å². The van der Waals surface area contributed by atoms with Gasteiger partial charge in [0.1, 0.15) is 4.92 Å². The van der Waals surface area contributed by atoms with Gasteiger partial charge in [-0.1, -0.05) is 29.8 Å². The second kappa shape index (κ2) is 6.50. The Bertz CT molecular complexity index is 786. The van der Waals surface area contributed by atoms with Gasteiger partial charge in [0.05, 0.1) is 17.4 Å². The minimum Gasteiger partial charge on any atom is -0.401 e. The van der Waals surface area contributed by atoms with Gasteiger partial charge < -0.3 is 14.5 Å². The summed E-state index contributed by atoms with van der Waals surface area (Å²) in [5, 5.41) is 14.1. The summed E-state index contributed by atoms with van der Waals surface area (Å²) >= 11 is 7.11. The van der Waals surface area contributed by atoms with Crippen molar-refractivity contribution in [3.8, 4) is 0 Å². The van der Waals surface area contributed by atoms with Crippen LogP contribution < -0.4 is 5.32 Å². The number of anilines is 1. The van der Waals surface area contributed by atoms with E-state index in [1.807, 2.05) is 12.1 Å². The maximum absolute atomic E-state index is 10.9. The maximum Gasteiger partial charge on any atom is 0.433 e. The van der Waals surface area contributed by atoms with E-state index < -0.39 is 16.8 Å². The first-order valence-electron chi connectivity index (χ1n) is 7.58. The Balaban J connectivity index is 2.08. The van der Waals surface area contributed by atoms with E-state index in [4.69, 9.17) is 9.15 Å². The number of fused-ring (bicyclic) bond motifs is 1. The average Bonchev–Trinajstić information content (AvgIpc) is 3.04. The van der Waals surface area contributed by atoms with Crippen molar-refractivity contribution in [2.75, 3.05) is 5.32 Å². The quantitative estimate of drug-likeness (QED) is 0.457. The largest absolute Gasteiger partial charge is 0.433 e. The van der Waals surface area contributed by atoms with E-state index in [9.17, 15) is 10.1 Å². The van der Waals surface area contributed by atoms with Crippen molar-refractivity contribution >= 4 is 43.4 Å². The molecule has 128 valence electrons. The van der Waals surface area contributed by atoms with Crippen LogP contribution in [0.3, 0.4) is 0 Å². The molecule has 0 saturated heterocycles. The van der Waals surface area contributed by atoms with Crippen LogP contribution in [0.25, 0.3) is 0 Å². The molecule has 24 heavy (non-hydrogen) atoms. The lowest BCUT2D eigenvalue weighted by Gasteiger charge is -2.42. The highest BCUT2D eigenvalue weighted by Crippen LogP contribution is 2.49. The molecule has 0 radical (unpaired) electrons. The Morgan fingerprint density at radius 2 is 2.00 bits per heavy atom. The van der Waals surface area contributed by atoms with Crippen LogP contribution in [0.15, 0.2) is 37.6 Å². The number of rotatable bonds is 4. The predicted octanol–water partition coefficient (Wildman–Crippen LogP) is 5.87. The molecule has 1 atom stereocenters. The van der Waals surface area contributed by atoms with Crippen LogP contribution >= 0.6 is 31.9 Å². The summed E-state index contributed by atoms with van der Waals surface area (Å²) in [5.74, 6) is 0.0862. The topological polar surface area (TPSA) is 77.5 Å². The Morgan fingerprint density at radius 1 is 1.29 bits per heavy atom. The average molecular weight is 460 g/mol. The second-order valence-corrected chi connectivity index (χ2v) is 7.36. The fourth-order valence-electron chi connectivity index (χ4n) is 3.04. The van der Waals surface area contributed by atoms with E-state index in [1.54, 1.807) is 6.07 Å². The van der Waals surface area contributed by atoms with Crippen LogP contribution in [0, 0.1) is 10.1 Å². The molecule has 1 N–H and O–H groups in total. The number of nitrogens with zero attached hydrogens (tertiary/aromatic N) is 1. The number of ether oxygens (including phenoxy) is 1. The summed E-state index contributed by atoms with van der Waals surface area (Å²) < 4.78 is 13.5. The normalized spacial score (nSPS) is 18.8. The van der Waals surface area contributed by atoms with Crippen molar-refractivity contribution in [1.29, 1.82) is 0 Å². The molecule has 0 spiro atoms. The molecule has 1 aromatic heterocycles. The number of furan rings is 1. The molecule has 1 aromatic carbocycles. The summed E-state index contributed by atoms with van der Waals surface area (Å²) in [5.41, 5.74) is 1.46. The number of nitro groups is 1. The van der Waals surface area contributed by atoms with Gasteiger partial charge in [-0.05, 0) is 47.0 Å². The smallest absolute Gasteiger partial charge is 0.401 e. The highest BCUT2D eigenvalue weighted by Gasteiger charge is 2.41. The van der Waals surface area contributed by atoms with Crippen molar-refractivity contribution in [2.24, 2.45) is 0 Å². The lowest BCUT2D eigenvalue weighted by molar-refractivity contribution is -0.402. The standard InChI is InChI=1S/C16H16Br2N2O4/c1-3-16(4-2)10-7-9(17)8-11(18)14(10)19-15(24-16)12-5-6-13(23-12)20(21)22/h5-8,15,19H,3-4H2,1-2H3/t15-/m1/s1. The van der Waals surface area contributed by atoms with Crippen molar-refractivity contribution in [3.63, 3.8) is 0 Å². The van der Waals surface area contributed by atoms with E-state index in [2.05, 4.69) is 51.0 Å². The molecule has 1 aliphatic rings. The van der Waals surface area contributed by atoms with Gasteiger partial charge in [-0.3, -0.25) is 10.1 Å². The number of hydrogen-bond donors (Lipinski definition) is 1. The third-order valence-corrected chi connectivity index (χ3v) is 5.44. The minimum atomic E-state index is -0.594. The molecule has 0 bridgehead atoms. The van der Waals surface area contributed by atoms with Gasteiger partial charge in [0.2, 0.25) is 0 Å². The van der Waals surface area contributed by atoms with E-state index in [0.717, 1.165) is 33.0 Å². The summed E-state index contributed by atoms with van der Waals surface area (Å²) in [6, 6.07) is 6.91. The molecular formula is C16H16Br2N2O4. The third kappa shape index (κ3) is 2.87. The number of halogens is 2. The Labute approximate surface area is 156 Å². The molecule has 0 unspecified atom stereocenters. The Hall–Kier alpha value is -1.38. The van der Waals surface area contributed by atoms with Crippen molar-refractivity contribution < 1.29 is 14.1 Å². The molecule has 0 aliphatic carbocycles. The third-order valence-electron chi connectivity index (χ3n) is 4.36. The van der Waals surface area contributed by atoms with E-state index >= 15 is 0 Å². The first-order valence-corrected chi connectivity index (χ1v) is 9.16. The van der Waals surface area contributed by atoms with Gasteiger partial charge in [0.25, 0.3) is 0 Å². The van der Waals surface area contributed by atoms with E-state index in [0.29, 0.717) is 5.76 Å². The van der Waals surface area contributed by atoms with Crippen molar-refractivity contribution in [3.05, 3.63) is 54.6 Å². The molecule has 6 nitrogen and oxygen atoms in total.